The quantitative estimate of drug-likeness (QED) is 0.270. The van der Waals surface area contributed by atoms with Crippen molar-refractivity contribution >= 4 is 44.2 Å². The Kier molecular flexibility index (Phi) is 7.95. The summed E-state index contributed by atoms with van der Waals surface area (Å²) in [4.78, 5) is 13.9. The molecule has 0 saturated carbocycles. The lowest BCUT2D eigenvalue weighted by atomic mass is 10.2. The number of carbonyl (C=O) groups excluding carboxylic acids is 1. The lowest BCUT2D eigenvalue weighted by Gasteiger charge is -2.31. The normalized spacial score (nSPS) is 12.0. The number of carbonyl (C=O) groups is 1. The second-order valence-corrected chi connectivity index (χ2v) is 13.0. The first-order chi connectivity index (χ1) is 16.7. The Morgan fingerprint density at radius 3 is 1.44 bits per heavy atom. The topological polar surface area (TPSA) is 43.4 Å². The Labute approximate surface area is 203 Å². The molecular formula is C29H27O3PS. The second kappa shape index (κ2) is 11.3. The molecule has 1 atom stereocenters. The molecule has 0 amide bonds. The molecule has 0 spiro atoms. The molecule has 5 heteroatoms. The van der Waals surface area contributed by atoms with Crippen LogP contribution in [0.25, 0.3) is 0 Å². The summed E-state index contributed by atoms with van der Waals surface area (Å²) in [7, 11) is -1.53. The molecule has 0 saturated heterocycles. The van der Waals surface area contributed by atoms with Crippen LogP contribution in [0.3, 0.4) is 0 Å². The van der Waals surface area contributed by atoms with E-state index in [4.69, 9.17) is 4.74 Å². The number of rotatable bonds is 8. The second-order valence-electron chi connectivity index (χ2n) is 7.68. The van der Waals surface area contributed by atoms with Crippen LogP contribution in [0, 0.1) is 0 Å². The van der Waals surface area contributed by atoms with E-state index in [1.54, 1.807) is 0 Å². The summed E-state index contributed by atoms with van der Waals surface area (Å²) >= 11 is 0. The van der Waals surface area contributed by atoms with Crippen molar-refractivity contribution in [1.29, 1.82) is 0 Å². The van der Waals surface area contributed by atoms with Gasteiger partial charge >= 0.3 is 5.97 Å². The van der Waals surface area contributed by atoms with Gasteiger partial charge < -0.3 is 4.74 Å². The summed E-state index contributed by atoms with van der Waals surface area (Å²) in [6, 6.07) is 39.5. The summed E-state index contributed by atoms with van der Waals surface area (Å²) in [5.74, 6) is -0.182. The molecule has 0 bridgehead atoms. The zero-order valence-corrected chi connectivity index (χ0v) is 20.8. The van der Waals surface area contributed by atoms with Gasteiger partial charge in [-0.15, -0.1) is 0 Å². The van der Waals surface area contributed by atoms with Gasteiger partial charge in [0.2, 0.25) is 0 Å². The number of hydrogen-bond donors (Lipinski definition) is 0. The van der Waals surface area contributed by atoms with E-state index >= 15 is 0 Å². The van der Waals surface area contributed by atoms with Gasteiger partial charge in [-0.2, -0.15) is 0 Å². The van der Waals surface area contributed by atoms with Crippen LogP contribution in [0.4, 0.5) is 0 Å². The van der Waals surface area contributed by atoms with E-state index in [9.17, 15) is 9.00 Å². The van der Waals surface area contributed by atoms with Crippen LogP contribution in [0.5, 0.6) is 0 Å². The largest absolute Gasteiger partial charge is 0.457 e. The molecule has 0 aliphatic rings. The van der Waals surface area contributed by atoms with Gasteiger partial charge in [0.15, 0.2) is 0 Å². The molecule has 4 aromatic rings. The molecule has 3 nitrogen and oxygen atoms in total. The van der Waals surface area contributed by atoms with Gasteiger partial charge in [-0.3, -0.25) is 4.21 Å². The Morgan fingerprint density at radius 2 is 1.06 bits per heavy atom. The van der Waals surface area contributed by atoms with Crippen LogP contribution in [0.1, 0.15) is 12.5 Å². The Bertz CT molecular complexity index is 1200. The zero-order chi connectivity index (χ0) is 23.8. The first kappa shape index (κ1) is 23.9. The van der Waals surface area contributed by atoms with Gasteiger partial charge in [0.25, 0.3) is 0 Å². The van der Waals surface area contributed by atoms with Crippen molar-refractivity contribution in [3.63, 3.8) is 0 Å². The molecule has 0 fully saturated rings. The van der Waals surface area contributed by atoms with Crippen molar-refractivity contribution < 1.29 is 13.7 Å². The summed E-state index contributed by atoms with van der Waals surface area (Å²) < 4.78 is 19.9. The smallest absolute Gasteiger partial charge is 0.348 e. The van der Waals surface area contributed by atoms with Crippen LogP contribution in [0.2, 0.25) is 0 Å². The predicted octanol–water partition coefficient (Wildman–Crippen LogP) is 4.62. The van der Waals surface area contributed by atoms with Gasteiger partial charge in [0.1, 0.15) is 11.2 Å². The van der Waals surface area contributed by atoms with E-state index in [1.165, 1.54) is 0 Å². The third-order valence-corrected chi connectivity index (χ3v) is 12.2. The molecule has 34 heavy (non-hydrogen) atoms. The number of benzene rings is 4. The van der Waals surface area contributed by atoms with Gasteiger partial charge in [-0.1, -0.05) is 128 Å². The van der Waals surface area contributed by atoms with Crippen LogP contribution in [-0.4, -0.2) is 20.6 Å². The number of ether oxygens (including phenoxy) is 1. The van der Waals surface area contributed by atoms with Crippen LogP contribution >= 0.6 is 6.89 Å². The maximum atomic E-state index is 13.9. The highest BCUT2D eigenvalue weighted by molar-refractivity contribution is 8.18. The lowest BCUT2D eigenvalue weighted by molar-refractivity contribution is -0.136. The Hall–Kier alpha value is -3.20. The number of esters is 1. The van der Waals surface area contributed by atoms with E-state index in [2.05, 4.69) is 0 Å². The van der Waals surface area contributed by atoms with Crippen molar-refractivity contribution in [2.45, 2.75) is 13.5 Å². The highest BCUT2D eigenvalue weighted by atomic mass is 32.2. The molecule has 0 aromatic heterocycles. The standard InChI is InChI=1S/C29H27O3PS/c1-2-34(31)29(28(30)32-23-24-15-7-3-8-16-24)33(25-17-9-4-10-18-25,26-19-11-5-12-20-26)27-21-13-6-14-22-27/h3-22H,2,23H2,1H3. The Balaban J connectivity index is 2.06. The maximum Gasteiger partial charge on any atom is 0.348 e. The monoisotopic (exact) mass is 486 g/mol. The molecule has 0 radical (unpaired) electrons. The molecule has 0 N–H and O–H groups in total. The molecule has 4 rings (SSSR count). The van der Waals surface area contributed by atoms with Crippen molar-refractivity contribution in [1.82, 2.24) is 0 Å². The fourth-order valence-electron chi connectivity index (χ4n) is 4.06. The molecular weight excluding hydrogens is 459 g/mol. The molecule has 4 aromatic carbocycles. The molecule has 0 aliphatic heterocycles. The minimum atomic E-state index is -2.77. The van der Waals surface area contributed by atoms with Gasteiger partial charge in [-0.05, 0) is 21.5 Å². The van der Waals surface area contributed by atoms with E-state index < -0.39 is 23.7 Å². The number of hydrogen-bond acceptors (Lipinski definition) is 3. The fraction of sp³-hybridized carbons (Fsp3) is 0.103. The minimum absolute atomic E-state index is 0.127. The van der Waals surface area contributed by atoms with Gasteiger partial charge in [-0.25, -0.2) is 4.79 Å². The fourth-order valence-corrected chi connectivity index (χ4v) is 10.9. The molecule has 172 valence electrons. The predicted molar refractivity (Wildman–Crippen MR) is 145 cm³/mol. The summed E-state index contributed by atoms with van der Waals surface area (Å²) in [6.45, 7) is -0.801. The average molecular weight is 487 g/mol. The summed E-state index contributed by atoms with van der Waals surface area (Å²) in [5, 5.41) is 2.92. The first-order valence-electron chi connectivity index (χ1n) is 11.2. The van der Waals surface area contributed by atoms with Crippen molar-refractivity contribution in [2.75, 3.05) is 5.75 Å². The SMILES string of the molecule is CCS(=O)C(C(=O)OCc1ccccc1)=P(c1ccccc1)(c1ccccc1)c1ccccc1. The van der Waals surface area contributed by atoms with Crippen molar-refractivity contribution in [3.8, 4) is 0 Å². The molecule has 0 heterocycles. The summed E-state index contributed by atoms with van der Waals surface area (Å²) in [6.07, 6.45) is 0. The maximum absolute atomic E-state index is 13.9. The van der Waals surface area contributed by atoms with Gasteiger partial charge in [0.05, 0.1) is 10.8 Å². The van der Waals surface area contributed by atoms with Crippen LogP contribution < -0.4 is 15.9 Å². The molecule has 1 unspecified atom stereocenters. The highest BCUT2D eigenvalue weighted by Gasteiger charge is 2.36. The van der Waals surface area contributed by atoms with E-state index in [0.29, 0.717) is 10.4 Å². The van der Waals surface area contributed by atoms with E-state index in [1.807, 2.05) is 128 Å². The van der Waals surface area contributed by atoms with Crippen molar-refractivity contribution in [2.24, 2.45) is 0 Å². The first-order valence-corrected chi connectivity index (χ1v) is 14.3. The summed E-state index contributed by atoms with van der Waals surface area (Å²) in [5.41, 5.74) is 0.889. The molecule has 0 aliphatic carbocycles. The minimum Gasteiger partial charge on any atom is -0.457 e. The third-order valence-electron chi connectivity index (χ3n) is 5.60. The van der Waals surface area contributed by atoms with Gasteiger partial charge in [0, 0.05) is 12.6 Å². The van der Waals surface area contributed by atoms with E-state index in [-0.39, 0.29) is 6.61 Å². The zero-order valence-electron chi connectivity index (χ0n) is 19.0. The third kappa shape index (κ3) is 4.84. The lowest BCUT2D eigenvalue weighted by Crippen LogP contribution is -2.36. The Morgan fingerprint density at radius 1 is 0.676 bits per heavy atom. The van der Waals surface area contributed by atoms with Crippen LogP contribution in [-0.2, 0) is 26.9 Å². The average Bonchev–Trinajstić information content (AvgIpc) is 2.92. The van der Waals surface area contributed by atoms with E-state index in [0.717, 1.165) is 21.5 Å². The highest BCUT2D eigenvalue weighted by Crippen LogP contribution is 2.47. The van der Waals surface area contributed by atoms with Crippen LogP contribution in [0.15, 0.2) is 121 Å². The van der Waals surface area contributed by atoms with Crippen molar-refractivity contribution in [3.05, 3.63) is 127 Å².